The summed E-state index contributed by atoms with van der Waals surface area (Å²) in [7, 11) is 5.29. The van der Waals surface area contributed by atoms with Gasteiger partial charge in [-0.3, -0.25) is 4.79 Å². The number of ether oxygens (including phenoxy) is 2. The van der Waals surface area contributed by atoms with Crippen molar-refractivity contribution in [2.45, 2.75) is 32.8 Å². The molecule has 1 aromatic carbocycles. The Morgan fingerprint density at radius 2 is 2.09 bits per heavy atom. The summed E-state index contributed by atoms with van der Waals surface area (Å²) in [5, 5.41) is 0. The van der Waals surface area contributed by atoms with Gasteiger partial charge in [-0.05, 0) is 50.7 Å². The number of fused-ring (bicyclic) bond motifs is 1. The van der Waals surface area contributed by atoms with E-state index in [-0.39, 0.29) is 17.7 Å². The number of methoxy groups -OCH3 is 1. The van der Waals surface area contributed by atoms with Crippen molar-refractivity contribution < 1.29 is 19.1 Å². The summed E-state index contributed by atoms with van der Waals surface area (Å²) in [4.78, 5) is 26.5. The smallest absolute Gasteiger partial charge is 0.347 e. The molecular formula is C18H25NO4. The topological polar surface area (TPSA) is 55.8 Å². The average molecular weight is 319 g/mol. The highest BCUT2D eigenvalue weighted by Gasteiger charge is 2.32. The SMILES string of the molecule is CCC(CN(C)C)C(=O)c1cc2c(cc1C)OC(C(=O)OC)C2. The molecule has 5 nitrogen and oxygen atoms in total. The van der Waals surface area contributed by atoms with Crippen LogP contribution in [0.3, 0.4) is 0 Å². The zero-order chi connectivity index (χ0) is 17.1. The molecule has 0 aliphatic carbocycles. The van der Waals surface area contributed by atoms with Crippen molar-refractivity contribution in [1.82, 2.24) is 4.90 Å². The minimum Gasteiger partial charge on any atom is -0.478 e. The van der Waals surface area contributed by atoms with Crippen molar-refractivity contribution in [1.29, 1.82) is 0 Å². The Bertz CT molecular complexity index is 609. The second-order valence-corrected chi connectivity index (χ2v) is 6.34. The third-order valence-electron chi connectivity index (χ3n) is 4.26. The number of esters is 1. The molecule has 0 amide bonds. The van der Waals surface area contributed by atoms with E-state index in [4.69, 9.17) is 9.47 Å². The zero-order valence-corrected chi connectivity index (χ0v) is 14.5. The molecule has 126 valence electrons. The highest BCUT2D eigenvalue weighted by atomic mass is 16.6. The van der Waals surface area contributed by atoms with Crippen LogP contribution in [0.4, 0.5) is 0 Å². The quantitative estimate of drug-likeness (QED) is 0.594. The Morgan fingerprint density at radius 1 is 1.39 bits per heavy atom. The Labute approximate surface area is 137 Å². The number of benzene rings is 1. The van der Waals surface area contributed by atoms with Crippen LogP contribution in [0.1, 0.15) is 34.8 Å². The van der Waals surface area contributed by atoms with Crippen LogP contribution in [-0.4, -0.2) is 50.5 Å². The predicted octanol–water partition coefficient (Wildman–Crippen LogP) is 2.24. The summed E-state index contributed by atoms with van der Waals surface area (Å²) in [6, 6.07) is 3.74. The minimum atomic E-state index is -0.608. The number of hydrogen-bond acceptors (Lipinski definition) is 5. The molecule has 1 heterocycles. The van der Waals surface area contributed by atoms with Crippen molar-refractivity contribution in [2.75, 3.05) is 27.7 Å². The predicted molar refractivity (Wildman–Crippen MR) is 88.0 cm³/mol. The van der Waals surface area contributed by atoms with Gasteiger partial charge in [0.05, 0.1) is 7.11 Å². The van der Waals surface area contributed by atoms with E-state index < -0.39 is 6.10 Å². The lowest BCUT2D eigenvalue weighted by Gasteiger charge is -2.19. The number of aryl methyl sites for hydroxylation is 1. The molecule has 0 spiro atoms. The zero-order valence-electron chi connectivity index (χ0n) is 14.5. The van der Waals surface area contributed by atoms with Crippen LogP contribution < -0.4 is 4.74 Å². The molecule has 1 aromatic rings. The van der Waals surface area contributed by atoms with Gasteiger partial charge in [0, 0.05) is 24.4 Å². The van der Waals surface area contributed by atoms with E-state index in [0.717, 1.165) is 29.7 Å². The lowest BCUT2D eigenvalue weighted by molar-refractivity contribution is -0.147. The van der Waals surface area contributed by atoms with Gasteiger partial charge >= 0.3 is 5.97 Å². The standard InChI is InChI=1S/C18H25NO4/c1-6-12(10-19(3)4)17(20)14-8-13-9-16(18(21)22-5)23-15(13)7-11(14)2/h7-8,12,16H,6,9-10H2,1-5H3. The molecule has 0 fully saturated rings. The largest absolute Gasteiger partial charge is 0.478 e. The first kappa shape index (κ1) is 17.5. The fourth-order valence-electron chi connectivity index (χ4n) is 2.98. The molecular weight excluding hydrogens is 294 g/mol. The molecule has 1 aliphatic heterocycles. The van der Waals surface area contributed by atoms with Crippen molar-refractivity contribution in [2.24, 2.45) is 5.92 Å². The monoisotopic (exact) mass is 319 g/mol. The summed E-state index contributed by atoms with van der Waals surface area (Å²) < 4.78 is 10.4. The van der Waals surface area contributed by atoms with Gasteiger partial charge in [-0.15, -0.1) is 0 Å². The van der Waals surface area contributed by atoms with Gasteiger partial charge in [-0.2, -0.15) is 0 Å². The van der Waals surface area contributed by atoms with Crippen LogP contribution in [-0.2, 0) is 16.0 Å². The van der Waals surface area contributed by atoms with Crippen molar-refractivity contribution in [3.63, 3.8) is 0 Å². The van der Waals surface area contributed by atoms with E-state index >= 15 is 0 Å². The lowest BCUT2D eigenvalue weighted by atomic mass is 9.90. The molecule has 2 atom stereocenters. The highest BCUT2D eigenvalue weighted by Crippen LogP contribution is 2.33. The lowest BCUT2D eigenvalue weighted by Crippen LogP contribution is -2.28. The summed E-state index contributed by atoms with van der Waals surface area (Å²) in [5.74, 6) is 0.421. The van der Waals surface area contributed by atoms with Crippen molar-refractivity contribution in [3.05, 3.63) is 28.8 Å². The molecule has 0 bridgehead atoms. The van der Waals surface area contributed by atoms with Gasteiger partial charge in [0.2, 0.25) is 0 Å². The molecule has 2 rings (SSSR count). The highest BCUT2D eigenvalue weighted by molar-refractivity contribution is 5.99. The van der Waals surface area contributed by atoms with Gasteiger partial charge in [0.15, 0.2) is 11.9 Å². The van der Waals surface area contributed by atoms with E-state index in [0.29, 0.717) is 12.2 Å². The molecule has 0 saturated carbocycles. The third-order valence-corrected chi connectivity index (χ3v) is 4.26. The van der Waals surface area contributed by atoms with Crippen LogP contribution in [0.15, 0.2) is 12.1 Å². The van der Waals surface area contributed by atoms with E-state index in [1.54, 1.807) is 0 Å². The van der Waals surface area contributed by atoms with E-state index in [1.807, 2.05) is 45.0 Å². The number of carbonyl (C=O) groups is 2. The number of carbonyl (C=O) groups excluding carboxylic acids is 2. The fraction of sp³-hybridized carbons (Fsp3) is 0.556. The molecule has 23 heavy (non-hydrogen) atoms. The normalized spacial score (nSPS) is 17.6. The summed E-state index contributed by atoms with van der Waals surface area (Å²) in [5.41, 5.74) is 2.51. The van der Waals surface area contributed by atoms with Crippen LogP contribution in [0.2, 0.25) is 0 Å². The molecule has 0 radical (unpaired) electrons. The summed E-state index contributed by atoms with van der Waals surface area (Å²) >= 11 is 0. The number of Topliss-reactive ketones (excluding diaryl/α,β-unsaturated/α-hetero) is 1. The van der Waals surface area contributed by atoms with Gasteiger partial charge in [-0.1, -0.05) is 6.92 Å². The maximum atomic E-state index is 12.8. The minimum absolute atomic E-state index is 0.0273. The summed E-state index contributed by atoms with van der Waals surface area (Å²) in [6.07, 6.45) is 0.644. The number of rotatable bonds is 6. The van der Waals surface area contributed by atoms with Crippen molar-refractivity contribution >= 4 is 11.8 Å². The molecule has 0 aromatic heterocycles. The van der Waals surface area contributed by atoms with Gasteiger partial charge < -0.3 is 14.4 Å². The second-order valence-electron chi connectivity index (χ2n) is 6.34. The Balaban J connectivity index is 2.26. The average Bonchev–Trinajstić information content (AvgIpc) is 2.92. The number of ketones is 1. The summed E-state index contributed by atoms with van der Waals surface area (Å²) in [6.45, 7) is 4.67. The fourth-order valence-corrected chi connectivity index (χ4v) is 2.98. The van der Waals surface area contributed by atoms with Crippen LogP contribution in [0.25, 0.3) is 0 Å². The Kier molecular flexibility index (Phi) is 5.42. The van der Waals surface area contributed by atoms with Crippen LogP contribution in [0, 0.1) is 12.8 Å². The van der Waals surface area contributed by atoms with Crippen molar-refractivity contribution in [3.8, 4) is 5.75 Å². The Hall–Kier alpha value is -1.88. The Morgan fingerprint density at radius 3 is 2.65 bits per heavy atom. The first-order chi connectivity index (χ1) is 10.9. The van der Waals surface area contributed by atoms with Crippen LogP contribution >= 0.6 is 0 Å². The first-order valence-corrected chi connectivity index (χ1v) is 7.94. The molecule has 1 aliphatic rings. The molecule has 2 unspecified atom stereocenters. The van der Waals surface area contributed by atoms with E-state index in [1.165, 1.54) is 7.11 Å². The van der Waals surface area contributed by atoms with E-state index in [2.05, 4.69) is 0 Å². The maximum absolute atomic E-state index is 12.8. The maximum Gasteiger partial charge on any atom is 0.347 e. The third kappa shape index (κ3) is 3.72. The van der Waals surface area contributed by atoms with Gasteiger partial charge in [0.1, 0.15) is 5.75 Å². The van der Waals surface area contributed by atoms with Gasteiger partial charge in [-0.25, -0.2) is 4.79 Å². The second kappa shape index (κ2) is 7.13. The number of nitrogens with zero attached hydrogens (tertiary/aromatic N) is 1. The van der Waals surface area contributed by atoms with E-state index in [9.17, 15) is 9.59 Å². The number of hydrogen-bond donors (Lipinski definition) is 0. The van der Waals surface area contributed by atoms with Crippen LogP contribution in [0.5, 0.6) is 5.75 Å². The molecule has 5 heteroatoms. The molecule has 0 saturated heterocycles. The van der Waals surface area contributed by atoms with Gasteiger partial charge in [0.25, 0.3) is 0 Å². The molecule has 0 N–H and O–H groups in total. The first-order valence-electron chi connectivity index (χ1n) is 7.94.